The number of carbonyl (C=O) groups excluding carboxylic acids is 2. The summed E-state index contributed by atoms with van der Waals surface area (Å²) in [6, 6.07) is -0.203. The monoisotopic (exact) mass is 533 g/mol. The number of carbonyl (C=O) groups is 2. The fourth-order valence-corrected chi connectivity index (χ4v) is 7.71. The van der Waals surface area contributed by atoms with Crippen LogP contribution in [-0.2, 0) is 19.6 Å². The molecule has 2 unspecified atom stereocenters. The Bertz CT molecular complexity index is 905. The molecule has 0 spiro atoms. The van der Waals surface area contributed by atoms with Crippen molar-refractivity contribution in [2.45, 2.75) is 95.1 Å². The van der Waals surface area contributed by atoms with Crippen molar-refractivity contribution in [3.63, 3.8) is 0 Å². The number of aliphatic hydroxyl groups is 1. The van der Waals surface area contributed by atoms with Crippen LogP contribution in [0.2, 0.25) is 0 Å². The van der Waals surface area contributed by atoms with Crippen LogP contribution in [0.1, 0.15) is 77.6 Å². The van der Waals surface area contributed by atoms with Gasteiger partial charge in [-0.3, -0.25) is 9.59 Å². The zero-order valence-corrected chi connectivity index (χ0v) is 22.1. The summed E-state index contributed by atoms with van der Waals surface area (Å²) in [6.45, 7) is 2.69. The highest BCUT2D eigenvalue weighted by Gasteiger charge is 2.50. The minimum absolute atomic E-state index is 0.00952. The van der Waals surface area contributed by atoms with Crippen LogP contribution in [0.3, 0.4) is 0 Å². The first-order valence-electron chi connectivity index (χ1n) is 13.5. The first-order valence-corrected chi connectivity index (χ1v) is 15.2. The third-order valence-electron chi connectivity index (χ3n) is 8.66. The molecule has 0 radical (unpaired) electrons. The lowest BCUT2D eigenvalue weighted by Crippen LogP contribution is -2.54. The average Bonchev–Trinajstić information content (AvgIpc) is 3.60. The van der Waals surface area contributed by atoms with Gasteiger partial charge in [-0.05, 0) is 70.1 Å². The van der Waals surface area contributed by atoms with Gasteiger partial charge in [0.05, 0.1) is 5.75 Å². The van der Waals surface area contributed by atoms with E-state index in [0.717, 1.165) is 58.3 Å². The van der Waals surface area contributed by atoms with Gasteiger partial charge in [-0.2, -0.15) is 0 Å². The summed E-state index contributed by atoms with van der Waals surface area (Å²) in [6.07, 6.45) is 7.31. The number of alkyl halides is 2. The van der Waals surface area contributed by atoms with Gasteiger partial charge in [-0.15, -0.1) is 0 Å². The molecule has 3 aliphatic carbocycles. The third-order valence-corrected chi connectivity index (χ3v) is 10.1. The zero-order chi connectivity index (χ0) is 26.1. The van der Waals surface area contributed by atoms with Gasteiger partial charge in [-0.25, -0.2) is 21.9 Å². The summed E-state index contributed by atoms with van der Waals surface area (Å²) in [5.41, 5.74) is -1.16. The van der Waals surface area contributed by atoms with Gasteiger partial charge >= 0.3 is 0 Å². The fourth-order valence-electron chi connectivity index (χ4n) is 6.24. The Labute approximate surface area is 213 Å². The normalized spacial score (nSPS) is 31.2. The van der Waals surface area contributed by atoms with E-state index >= 15 is 0 Å². The molecule has 2 atom stereocenters. The molecule has 1 aliphatic heterocycles. The maximum absolute atomic E-state index is 13.1. The Hall–Kier alpha value is -1.33. The van der Waals surface area contributed by atoms with E-state index in [2.05, 4.69) is 4.72 Å². The molecule has 4 aliphatic rings. The van der Waals surface area contributed by atoms with Crippen molar-refractivity contribution < 1.29 is 31.9 Å². The Balaban J connectivity index is 1.20. The molecule has 0 bridgehead atoms. The lowest BCUT2D eigenvalue weighted by molar-refractivity contribution is -0.148. The minimum atomic E-state index is -3.73. The molecule has 1 heterocycles. The second-order valence-electron chi connectivity index (χ2n) is 11.6. The summed E-state index contributed by atoms with van der Waals surface area (Å²) in [7, 11) is -3.73. The summed E-state index contributed by atoms with van der Waals surface area (Å²) in [4.78, 5) is 29.0. The van der Waals surface area contributed by atoms with Gasteiger partial charge in [0.25, 0.3) is 5.91 Å². The van der Waals surface area contributed by atoms with Crippen LogP contribution in [0, 0.1) is 17.8 Å². The van der Waals surface area contributed by atoms with E-state index in [4.69, 9.17) is 0 Å². The molecule has 0 aromatic heterocycles. The number of nitrogens with one attached hydrogen (secondary N) is 1. The highest BCUT2D eigenvalue weighted by Crippen LogP contribution is 2.41. The van der Waals surface area contributed by atoms with Crippen LogP contribution in [-0.4, -0.2) is 84.6 Å². The van der Waals surface area contributed by atoms with Crippen molar-refractivity contribution in [3.05, 3.63) is 0 Å². The lowest BCUT2D eigenvalue weighted by Gasteiger charge is -2.40. The molecule has 8 nitrogen and oxygen atoms in total. The second kappa shape index (κ2) is 10.8. The molecule has 2 N–H and O–H groups in total. The SMILES string of the molecule is CC(F)(F)CCS(=O)(=O)NC1CCCC(C2CCC(C(=O)N3CCN(C(=O)C4(O)CC4)CC3)CC2)C1. The number of nitrogens with zero attached hydrogens (tertiary/aromatic N) is 2. The van der Waals surface area contributed by atoms with Crippen molar-refractivity contribution in [1.29, 1.82) is 0 Å². The lowest BCUT2D eigenvalue weighted by atomic mass is 9.70. The molecule has 4 rings (SSSR count). The zero-order valence-electron chi connectivity index (χ0n) is 21.3. The Kier molecular flexibility index (Phi) is 8.31. The van der Waals surface area contributed by atoms with Crippen molar-refractivity contribution in [2.75, 3.05) is 31.9 Å². The van der Waals surface area contributed by atoms with Gasteiger partial charge in [0.2, 0.25) is 21.9 Å². The van der Waals surface area contributed by atoms with Crippen LogP contribution < -0.4 is 4.72 Å². The second-order valence-corrected chi connectivity index (χ2v) is 13.5. The molecular weight excluding hydrogens is 492 g/mol. The van der Waals surface area contributed by atoms with E-state index in [9.17, 15) is 31.9 Å². The molecular formula is C25H41F2N3O5S. The molecule has 3 saturated carbocycles. The Morgan fingerprint density at radius 3 is 2.17 bits per heavy atom. The van der Waals surface area contributed by atoms with E-state index in [1.54, 1.807) is 4.90 Å². The topological polar surface area (TPSA) is 107 Å². The smallest absolute Gasteiger partial charge is 0.254 e. The third kappa shape index (κ3) is 7.16. The largest absolute Gasteiger partial charge is 0.380 e. The molecule has 0 aromatic rings. The maximum atomic E-state index is 13.1. The standard InChI is InChI=1S/C25H41F2N3O5S/c1-24(26,27)11-16-36(34,35)28-21-4-2-3-20(17-21)18-5-7-19(8-6-18)22(31)29-12-14-30(15-13-29)23(32)25(33)9-10-25/h18-21,28,33H,2-17H2,1H3. The van der Waals surface area contributed by atoms with Gasteiger partial charge in [0.1, 0.15) is 5.60 Å². The van der Waals surface area contributed by atoms with Crippen molar-refractivity contribution in [3.8, 4) is 0 Å². The summed E-state index contributed by atoms with van der Waals surface area (Å²) in [5.74, 6) is -2.77. The van der Waals surface area contributed by atoms with Crippen LogP contribution >= 0.6 is 0 Å². The number of hydrogen-bond donors (Lipinski definition) is 2. The van der Waals surface area contributed by atoms with Gasteiger partial charge < -0.3 is 14.9 Å². The van der Waals surface area contributed by atoms with Crippen molar-refractivity contribution in [1.82, 2.24) is 14.5 Å². The highest BCUT2D eigenvalue weighted by molar-refractivity contribution is 7.89. The number of hydrogen-bond acceptors (Lipinski definition) is 5. The molecule has 2 amide bonds. The minimum Gasteiger partial charge on any atom is -0.380 e. The van der Waals surface area contributed by atoms with E-state index < -0.39 is 33.7 Å². The maximum Gasteiger partial charge on any atom is 0.254 e. The molecule has 0 aromatic carbocycles. The summed E-state index contributed by atoms with van der Waals surface area (Å²) >= 11 is 0. The van der Waals surface area contributed by atoms with Crippen LogP contribution in [0.25, 0.3) is 0 Å². The molecule has 1 saturated heterocycles. The number of piperazine rings is 1. The Morgan fingerprint density at radius 1 is 0.972 bits per heavy atom. The van der Waals surface area contributed by atoms with E-state index in [1.807, 2.05) is 4.90 Å². The van der Waals surface area contributed by atoms with Crippen molar-refractivity contribution >= 4 is 21.8 Å². The predicted octanol–water partition coefficient (Wildman–Crippen LogP) is 2.51. The number of halogens is 2. The van der Waals surface area contributed by atoms with E-state index in [-0.39, 0.29) is 23.8 Å². The first kappa shape index (κ1) is 27.7. The first-order chi connectivity index (χ1) is 16.9. The van der Waals surface area contributed by atoms with Crippen LogP contribution in [0.5, 0.6) is 0 Å². The predicted molar refractivity (Wildman–Crippen MR) is 131 cm³/mol. The highest BCUT2D eigenvalue weighted by atomic mass is 32.2. The van der Waals surface area contributed by atoms with Crippen LogP contribution in [0.4, 0.5) is 8.78 Å². The fraction of sp³-hybridized carbons (Fsp3) is 0.920. The Morgan fingerprint density at radius 2 is 1.58 bits per heavy atom. The number of rotatable bonds is 8. The van der Waals surface area contributed by atoms with Crippen LogP contribution in [0.15, 0.2) is 0 Å². The van der Waals surface area contributed by atoms with E-state index in [0.29, 0.717) is 50.9 Å². The van der Waals surface area contributed by atoms with Crippen molar-refractivity contribution in [2.24, 2.45) is 17.8 Å². The quantitative estimate of drug-likeness (QED) is 0.499. The van der Waals surface area contributed by atoms with Gasteiger partial charge in [0.15, 0.2) is 0 Å². The molecule has 206 valence electrons. The molecule has 36 heavy (non-hydrogen) atoms. The molecule has 4 fully saturated rings. The number of amides is 2. The van der Waals surface area contributed by atoms with Gasteiger partial charge in [0, 0.05) is 44.6 Å². The van der Waals surface area contributed by atoms with E-state index in [1.165, 1.54) is 0 Å². The summed E-state index contributed by atoms with van der Waals surface area (Å²) < 4.78 is 53.4. The molecule has 11 heteroatoms. The summed E-state index contributed by atoms with van der Waals surface area (Å²) in [5, 5.41) is 10.1. The van der Waals surface area contributed by atoms with Gasteiger partial charge in [-0.1, -0.05) is 12.8 Å². The average molecular weight is 534 g/mol. The number of sulfonamides is 1.